The third-order valence-electron chi connectivity index (χ3n) is 4.10. The summed E-state index contributed by atoms with van der Waals surface area (Å²) in [6.45, 7) is -0.470. The van der Waals surface area contributed by atoms with Crippen LogP contribution in [-0.2, 0) is 37.3 Å². The second-order valence-electron chi connectivity index (χ2n) is 6.32. The lowest BCUT2D eigenvalue weighted by molar-refractivity contribution is -0.147. The Morgan fingerprint density at radius 3 is 2.28 bits per heavy atom. The average molecular weight is 420 g/mol. The van der Waals surface area contributed by atoms with Crippen LogP contribution in [0.4, 0.5) is 0 Å². The van der Waals surface area contributed by atoms with Gasteiger partial charge in [0.05, 0.1) is 18.4 Å². The number of benzene rings is 2. The van der Waals surface area contributed by atoms with Crippen molar-refractivity contribution >= 4 is 21.9 Å². The number of amides is 1. The van der Waals surface area contributed by atoms with Gasteiger partial charge in [0.1, 0.15) is 5.75 Å². The maximum absolute atomic E-state index is 12.4. The molecule has 2 aromatic rings. The summed E-state index contributed by atoms with van der Waals surface area (Å²) >= 11 is 0. The molecule has 8 nitrogen and oxygen atoms in total. The van der Waals surface area contributed by atoms with Gasteiger partial charge in [-0.3, -0.25) is 9.59 Å². The van der Waals surface area contributed by atoms with E-state index in [1.165, 1.54) is 27.3 Å². The molecule has 0 aliphatic carbocycles. The van der Waals surface area contributed by atoms with Crippen molar-refractivity contribution in [1.82, 2.24) is 9.62 Å². The predicted molar refractivity (Wildman–Crippen MR) is 107 cm³/mol. The molecule has 0 unspecified atom stereocenters. The molecule has 156 valence electrons. The number of esters is 1. The van der Waals surface area contributed by atoms with Gasteiger partial charge >= 0.3 is 5.97 Å². The molecule has 0 radical (unpaired) electrons. The summed E-state index contributed by atoms with van der Waals surface area (Å²) in [5, 5.41) is 2.57. The molecule has 2 aromatic carbocycles. The van der Waals surface area contributed by atoms with Gasteiger partial charge in [0.2, 0.25) is 10.0 Å². The van der Waals surface area contributed by atoms with Gasteiger partial charge in [-0.25, -0.2) is 12.7 Å². The van der Waals surface area contributed by atoms with Crippen LogP contribution in [0.1, 0.15) is 11.1 Å². The van der Waals surface area contributed by atoms with E-state index in [-0.39, 0.29) is 17.9 Å². The second kappa shape index (κ2) is 10.0. The van der Waals surface area contributed by atoms with Crippen LogP contribution in [0, 0.1) is 0 Å². The summed E-state index contributed by atoms with van der Waals surface area (Å²) in [6, 6.07) is 13.4. The Kier molecular flexibility index (Phi) is 7.74. The lowest BCUT2D eigenvalue weighted by atomic mass is 10.1. The number of sulfonamides is 1. The van der Waals surface area contributed by atoms with Gasteiger partial charge < -0.3 is 14.8 Å². The fraction of sp³-hybridized carbons (Fsp3) is 0.300. The van der Waals surface area contributed by atoms with Crippen LogP contribution < -0.4 is 10.1 Å². The molecule has 0 saturated heterocycles. The average Bonchev–Trinajstić information content (AvgIpc) is 2.71. The smallest absolute Gasteiger partial charge is 0.310 e. The second-order valence-corrected chi connectivity index (χ2v) is 8.44. The first kappa shape index (κ1) is 22.4. The zero-order valence-electron chi connectivity index (χ0n) is 16.5. The molecule has 0 spiro atoms. The number of carbonyl (C=O) groups excluding carboxylic acids is 2. The molecule has 9 heteroatoms. The molecule has 0 aliphatic heterocycles. The SMILES string of the molecule is COc1ccccc1CC(=O)OCC(=O)NCc1ccccc1S(=O)(=O)N(C)C. The highest BCUT2D eigenvalue weighted by molar-refractivity contribution is 7.89. The number of hydrogen-bond acceptors (Lipinski definition) is 6. The van der Waals surface area contributed by atoms with E-state index in [1.807, 2.05) is 0 Å². The molecular formula is C20H24N2O6S. The van der Waals surface area contributed by atoms with Crippen LogP contribution in [-0.4, -0.2) is 52.4 Å². The van der Waals surface area contributed by atoms with E-state index in [1.54, 1.807) is 42.5 Å². The highest BCUT2D eigenvalue weighted by Crippen LogP contribution is 2.19. The normalized spacial score (nSPS) is 11.2. The molecule has 0 saturated carbocycles. The number of nitrogens with one attached hydrogen (secondary N) is 1. The maximum Gasteiger partial charge on any atom is 0.310 e. The third kappa shape index (κ3) is 6.03. The minimum Gasteiger partial charge on any atom is -0.496 e. The van der Waals surface area contributed by atoms with Gasteiger partial charge in [0.15, 0.2) is 6.61 Å². The highest BCUT2D eigenvalue weighted by atomic mass is 32.2. The topological polar surface area (TPSA) is 102 Å². The molecule has 0 heterocycles. The molecule has 0 aliphatic rings. The Morgan fingerprint density at radius 2 is 1.62 bits per heavy atom. The number of rotatable bonds is 9. The molecular weight excluding hydrogens is 396 g/mol. The summed E-state index contributed by atoms with van der Waals surface area (Å²) in [5.41, 5.74) is 1.10. The Bertz CT molecular complexity index is 972. The zero-order chi connectivity index (χ0) is 21.4. The Morgan fingerprint density at radius 1 is 1.00 bits per heavy atom. The number of nitrogens with zero attached hydrogens (tertiary/aromatic N) is 1. The molecule has 0 bridgehead atoms. The van der Waals surface area contributed by atoms with Crippen LogP contribution in [0.2, 0.25) is 0 Å². The Labute approximate surface area is 170 Å². The fourth-order valence-corrected chi connectivity index (χ4v) is 3.66. The quantitative estimate of drug-likeness (QED) is 0.615. The maximum atomic E-state index is 12.4. The van der Waals surface area contributed by atoms with Crippen molar-refractivity contribution in [2.75, 3.05) is 27.8 Å². The van der Waals surface area contributed by atoms with Crippen molar-refractivity contribution in [2.24, 2.45) is 0 Å². The monoisotopic (exact) mass is 420 g/mol. The standard InChI is InChI=1S/C20H24N2O6S/c1-22(2)29(25,26)18-11-7-5-9-16(18)13-21-19(23)14-28-20(24)12-15-8-4-6-10-17(15)27-3/h4-11H,12-14H2,1-3H3,(H,21,23). The van der Waals surface area contributed by atoms with E-state index in [2.05, 4.69) is 5.32 Å². The minimum absolute atomic E-state index is 0.00780. The van der Waals surface area contributed by atoms with Gasteiger partial charge in [-0.15, -0.1) is 0 Å². The number of para-hydroxylation sites is 1. The number of methoxy groups -OCH3 is 1. The van der Waals surface area contributed by atoms with E-state index >= 15 is 0 Å². The van der Waals surface area contributed by atoms with Crippen molar-refractivity contribution in [3.8, 4) is 5.75 Å². The van der Waals surface area contributed by atoms with Crippen molar-refractivity contribution in [2.45, 2.75) is 17.9 Å². The summed E-state index contributed by atoms with van der Waals surface area (Å²) in [6.07, 6.45) is -0.0266. The lowest BCUT2D eigenvalue weighted by Gasteiger charge is -2.15. The van der Waals surface area contributed by atoms with Crippen molar-refractivity contribution in [3.63, 3.8) is 0 Å². The van der Waals surface area contributed by atoms with Gasteiger partial charge in [0, 0.05) is 26.2 Å². The van der Waals surface area contributed by atoms with E-state index in [0.29, 0.717) is 16.9 Å². The van der Waals surface area contributed by atoms with Gasteiger partial charge in [-0.2, -0.15) is 0 Å². The van der Waals surface area contributed by atoms with E-state index in [4.69, 9.17) is 9.47 Å². The van der Waals surface area contributed by atoms with Crippen LogP contribution >= 0.6 is 0 Å². The largest absolute Gasteiger partial charge is 0.496 e. The molecule has 2 rings (SSSR count). The van der Waals surface area contributed by atoms with E-state index < -0.39 is 28.5 Å². The molecule has 0 atom stereocenters. The first-order valence-electron chi connectivity index (χ1n) is 8.80. The van der Waals surface area contributed by atoms with E-state index in [0.717, 1.165) is 4.31 Å². The summed E-state index contributed by atoms with van der Waals surface area (Å²) in [5.74, 6) is -0.539. The van der Waals surface area contributed by atoms with Crippen LogP contribution in [0.5, 0.6) is 5.75 Å². The van der Waals surface area contributed by atoms with Gasteiger partial charge in [0.25, 0.3) is 5.91 Å². The first-order chi connectivity index (χ1) is 13.8. The molecule has 29 heavy (non-hydrogen) atoms. The number of ether oxygens (including phenoxy) is 2. The van der Waals surface area contributed by atoms with Crippen molar-refractivity contribution in [3.05, 3.63) is 59.7 Å². The molecule has 1 N–H and O–H groups in total. The highest BCUT2D eigenvalue weighted by Gasteiger charge is 2.21. The summed E-state index contributed by atoms with van der Waals surface area (Å²) in [4.78, 5) is 24.1. The van der Waals surface area contributed by atoms with Gasteiger partial charge in [-0.1, -0.05) is 36.4 Å². The number of hydrogen-bond donors (Lipinski definition) is 1. The van der Waals surface area contributed by atoms with Crippen LogP contribution in [0.15, 0.2) is 53.4 Å². The minimum atomic E-state index is -3.64. The summed E-state index contributed by atoms with van der Waals surface area (Å²) in [7, 11) is 0.741. The third-order valence-corrected chi connectivity index (χ3v) is 6.01. The first-order valence-corrected chi connectivity index (χ1v) is 10.2. The Hall–Kier alpha value is -2.91. The van der Waals surface area contributed by atoms with Crippen LogP contribution in [0.25, 0.3) is 0 Å². The van der Waals surface area contributed by atoms with Crippen molar-refractivity contribution in [1.29, 1.82) is 0 Å². The van der Waals surface area contributed by atoms with Crippen LogP contribution in [0.3, 0.4) is 0 Å². The molecule has 0 fully saturated rings. The lowest BCUT2D eigenvalue weighted by Crippen LogP contribution is -2.30. The van der Waals surface area contributed by atoms with Gasteiger partial charge in [-0.05, 0) is 17.7 Å². The Balaban J connectivity index is 1.90. The molecule has 0 aromatic heterocycles. The van der Waals surface area contributed by atoms with Crippen molar-refractivity contribution < 1.29 is 27.5 Å². The number of carbonyl (C=O) groups is 2. The zero-order valence-corrected chi connectivity index (χ0v) is 17.4. The summed E-state index contributed by atoms with van der Waals surface area (Å²) < 4.78 is 36.0. The fourth-order valence-electron chi connectivity index (χ4n) is 2.54. The van der Waals surface area contributed by atoms with E-state index in [9.17, 15) is 18.0 Å². The molecule has 1 amide bonds. The predicted octanol–water partition coefficient (Wildman–Crippen LogP) is 1.35.